The lowest BCUT2D eigenvalue weighted by Gasteiger charge is -2.23. The Morgan fingerprint density at radius 2 is 2.23 bits per heavy atom. The van der Waals surface area contributed by atoms with E-state index in [-0.39, 0.29) is 35.8 Å². The maximum Gasteiger partial charge on any atom is 0.276 e. The van der Waals surface area contributed by atoms with E-state index in [2.05, 4.69) is 12.1 Å². The van der Waals surface area contributed by atoms with Crippen LogP contribution in [0, 0.1) is 11.6 Å². The highest BCUT2D eigenvalue weighted by Gasteiger charge is 2.27. The third-order valence-corrected chi connectivity index (χ3v) is 4.22. The molecule has 0 fully saturated rings. The Morgan fingerprint density at radius 1 is 1.38 bits per heavy atom. The second-order valence-corrected chi connectivity index (χ2v) is 6.14. The van der Waals surface area contributed by atoms with Gasteiger partial charge in [-0.05, 0) is 18.6 Å². The molecule has 0 N–H and O–H groups in total. The van der Waals surface area contributed by atoms with Gasteiger partial charge in [0.2, 0.25) is 0 Å². The molecule has 138 valence electrons. The number of benzene rings is 1. The van der Waals surface area contributed by atoms with Crippen LogP contribution in [-0.4, -0.2) is 28.6 Å². The summed E-state index contributed by atoms with van der Waals surface area (Å²) in [5.41, 5.74) is 0.188. The Balaban J connectivity index is 1.61. The molecular formula is C19H20F2N2O3. The molecule has 0 aliphatic carbocycles. The van der Waals surface area contributed by atoms with Crippen LogP contribution in [0.3, 0.4) is 0 Å². The number of unbranched alkanes of at least 4 members (excludes halogenated alkanes) is 1. The molecule has 1 amide bonds. The summed E-state index contributed by atoms with van der Waals surface area (Å²) < 4.78 is 36.8. The van der Waals surface area contributed by atoms with Crippen molar-refractivity contribution < 1.29 is 22.8 Å². The molecule has 1 aliphatic heterocycles. The maximum atomic E-state index is 13.6. The molecule has 0 radical (unpaired) electrons. The lowest BCUT2D eigenvalue weighted by atomic mass is 10.1. The fourth-order valence-electron chi connectivity index (χ4n) is 2.84. The molecule has 1 aromatic carbocycles. The van der Waals surface area contributed by atoms with E-state index in [1.165, 1.54) is 12.1 Å². The van der Waals surface area contributed by atoms with Crippen molar-refractivity contribution >= 4 is 5.91 Å². The Morgan fingerprint density at radius 3 is 3.00 bits per heavy atom. The van der Waals surface area contributed by atoms with Crippen molar-refractivity contribution in [2.75, 3.05) is 6.54 Å². The second-order valence-electron chi connectivity index (χ2n) is 6.14. The highest BCUT2D eigenvalue weighted by atomic mass is 19.1. The molecule has 0 unspecified atom stereocenters. The van der Waals surface area contributed by atoms with Crippen LogP contribution in [-0.2, 0) is 6.61 Å². The molecule has 2 aromatic rings. The smallest absolute Gasteiger partial charge is 0.276 e. The molecule has 1 aromatic heterocycles. The molecule has 0 spiro atoms. The van der Waals surface area contributed by atoms with Crippen LogP contribution in [0.1, 0.15) is 42.4 Å². The molecule has 3 rings (SSSR count). The van der Waals surface area contributed by atoms with Gasteiger partial charge >= 0.3 is 0 Å². The summed E-state index contributed by atoms with van der Waals surface area (Å²) in [6.45, 7) is 2.55. The topological polar surface area (TPSA) is 55.6 Å². The standard InChI is InChI=1S/C19H20F2N2O3/c1-2-3-5-14-6-4-9-23(14)19(24)17-11-15(26-22-17)12-25-18-8-7-13(20)10-16(18)21/h4,6-8,10-11,14H,2-3,5,9,12H2,1H3/t14-/m0/s1. The van der Waals surface area contributed by atoms with E-state index in [0.29, 0.717) is 6.54 Å². The predicted molar refractivity (Wildman–Crippen MR) is 90.7 cm³/mol. The Hall–Kier alpha value is -2.70. The highest BCUT2D eigenvalue weighted by molar-refractivity contribution is 5.93. The van der Waals surface area contributed by atoms with Crippen molar-refractivity contribution in [2.24, 2.45) is 0 Å². The lowest BCUT2D eigenvalue weighted by molar-refractivity contribution is 0.0732. The van der Waals surface area contributed by atoms with Gasteiger partial charge in [0.1, 0.15) is 12.4 Å². The zero-order valence-electron chi connectivity index (χ0n) is 14.5. The van der Waals surface area contributed by atoms with Crippen molar-refractivity contribution in [1.29, 1.82) is 0 Å². The van der Waals surface area contributed by atoms with Crippen LogP contribution in [0.2, 0.25) is 0 Å². The summed E-state index contributed by atoms with van der Waals surface area (Å²) in [5, 5.41) is 3.80. The van der Waals surface area contributed by atoms with Crippen LogP contribution in [0.25, 0.3) is 0 Å². The van der Waals surface area contributed by atoms with Crippen LogP contribution >= 0.6 is 0 Å². The van der Waals surface area contributed by atoms with Crippen LogP contribution in [0.15, 0.2) is 40.9 Å². The van der Waals surface area contributed by atoms with Gasteiger partial charge in [-0.1, -0.05) is 37.1 Å². The minimum absolute atomic E-state index is 0.0761. The van der Waals surface area contributed by atoms with E-state index in [0.717, 1.165) is 31.4 Å². The van der Waals surface area contributed by atoms with E-state index < -0.39 is 11.6 Å². The fourth-order valence-corrected chi connectivity index (χ4v) is 2.84. The van der Waals surface area contributed by atoms with Crippen molar-refractivity contribution in [3.63, 3.8) is 0 Å². The number of ether oxygens (including phenoxy) is 1. The summed E-state index contributed by atoms with van der Waals surface area (Å²) in [6.07, 6.45) is 7.03. The number of carbonyl (C=O) groups is 1. The largest absolute Gasteiger partial charge is 0.482 e. The number of aromatic nitrogens is 1. The number of amides is 1. The van der Waals surface area contributed by atoms with Gasteiger partial charge in [-0.25, -0.2) is 8.78 Å². The van der Waals surface area contributed by atoms with E-state index in [4.69, 9.17) is 9.26 Å². The highest BCUT2D eigenvalue weighted by Crippen LogP contribution is 2.21. The van der Waals surface area contributed by atoms with Crippen LogP contribution in [0.4, 0.5) is 8.78 Å². The van der Waals surface area contributed by atoms with Crippen molar-refractivity contribution in [2.45, 2.75) is 38.8 Å². The first-order chi connectivity index (χ1) is 12.6. The number of halogens is 2. The number of nitrogens with zero attached hydrogens (tertiary/aromatic N) is 2. The van der Waals surface area contributed by atoms with Gasteiger partial charge in [0.05, 0.1) is 6.04 Å². The number of carbonyl (C=O) groups excluding carboxylic acids is 1. The molecule has 26 heavy (non-hydrogen) atoms. The zero-order valence-corrected chi connectivity index (χ0v) is 14.5. The molecule has 2 heterocycles. The molecule has 5 nitrogen and oxygen atoms in total. The molecule has 0 saturated carbocycles. The molecule has 1 aliphatic rings. The molecular weight excluding hydrogens is 342 g/mol. The van der Waals surface area contributed by atoms with E-state index >= 15 is 0 Å². The molecule has 0 bridgehead atoms. The lowest BCUT2D eigenvalue weighted by Crippen LogP contribution is -2.36. The third-order valence-electron chi connectivity index (χ3n) is 4.22. The van der Waals surface area contributed by atoms with Crippen LogP contribution in [0.5, 0.6) is 5.75 Å². The molecule has 0 saturated heterocycles. The predicted octanol–water partition coefficient (Wildman–Crippen LogP) is 4.10. The normalized spacial score (nSPS) is 16.3. The summed E-state index contributed by atoms with van der Waals surface area (Å²) in [4.78, 5) is 14.4. The minimum Gasteiger partial charge on any atom is -0.482 e. The van der Waals surface area contributed by atoms with Gasteiger partial charge < -0.3 is 14.2 Å². The quantitative estimate of drug-likeness (QED) is 0.696. The fraction of sp³-hybridized carbons (Fsp3) is 0.368. The molecule has 1 atom stereocenters. The van der Waals surface area contributed by atoms with E-state index in [1.54, 1.807) is 4.90 Å². The SMILES string of the molecule is CCCC[C@H]1C=CCN1C(=O)c1cc(COc2ccc(F)cc2F)on1. The number of hydrogen-bond donors (Lipinski definition) is 0. The molecule has 7 heteroatoms. The third kappa shape index (κ3) is 4.09. The van der Waals surface area contributed by atoms with Crippen LogP contribution < -0.4 is 4.74 Å². The monoisotopic (exact) mass is 362 g/mol. The summed E-state index contributed by atoms with van der Waals surface area (Å²) in [5.74, 6) is -1.51. The van der Waals surface area contributed by atoms with Crippen molar-refractivity contribution in [3.05, 3.63) is 59.5 Å². The Labute approximate surface area is 150 Å². The zero-order chi connectivity index (χ0) is 18.5. The van der Waals surface area contributed by atoms with Gasteiger partial charge in [0, 0.05) is 18.7 Å². The average molecular weight is 362 g/mol. The second kappa shape index (κ2) is 8.12. The number of rotatable bonds is 7. The number of hydrogen-bond acceptors (Lipinski definition) is 4. The van der Waals surface area contributed by atoms with Crippen molar-refractivity contribution in [1.82, 2.24) is 10.1 Å². The van der Waals surface area contributed by atoms with Gasteiger partial charge in [0.25, 0.3) is 5.91 Å². The first-order valence-electron chi connectivity index (χ1n) is 8.59. The van der Waals surface area contributed by atoms with Crippen molar-refractivity contribution in [3.8, 4) is 5.75 Å². The van der Waals surface area contributed by atoms with E-state index in [1.807, 2.05) is 12.2 Å². The first-order valence-corrected chi connectivity index (χ1v) is 8.59. The van der Waals surface area contributed by atoms with Gasteiger partial charge in [-0.2, -0.15) is 0 Å². The van der Waals surface area contributed by atoms with Gasteiger partial charge in [0.15, 0.2) is 23.0 Å². The van der Waals surface area contributed by atoms with E-state index in [9.17, 15) is 13.6 Å². The Kier molecular flexibility index (Phi) is 5.65. The van der Waals surface area contributed by atoms with Gasteiger partial charge in [-0.15, -0.1) is 0 Å². The first kappa shape index (κ1) is 18.1. The summed E-state index contributed by atoms with van der Waals surface area (Å²) >= 11 is 0. The summed E-state index contributed by atoms with van der Waals surface area (Å²) in [7, 11) is 0. The average Bonchev–Trinajstić information content (AvgIpc) is 3.28. The summed E-state index contributed by atoms with van der Waals surface area (Å²) in [6, 6.07) is 4.60. The minimum atomic E-state index is -0.803. The van der Waals surface area contributed by atoms with Gasteiger partial charge in [-0.3, -0.25) is 4.79 Å². The Bertz CT molecular complexity index is 804. The maximum absolute atomic E-state index is 13.6.